The molecule has 0 aromatic rings. The first-order valence-corrected chi connectivity index (χ1v) is 5.86. The van der Waals surface area contributed by atoms with Gasteiger partial charge in [0.1, 0.15) is 0 Å². The van der Waals surface area contributed by atoms with Crippen LogP contribution >= 0.6 is 0 Å². The van der Waals surface area contributed by atoms with E-state index >= 15 is 0 Å². The monoisotopic (exact) mass is 215 g/mol. The van der Waals surface area contributed by atoms with Gasteiger partial charge in [-0.2, -0.15) is 0 Å². The second-order valence-corrected chi connectivity index (χ2v) is 3.90. The molecule has 0 rings (SSSR count). The van der Waals surface area contributed by atoms with E-state index in [0.717, 1.165) is 26.1 Å². The summed E-state index contributed by atoms with van der Waals surface area (Å²) in [7, 11) is 2.09. The van der Waals surface area contributed by atoms with Crippen LogP contribution in [0.3, 0.4) is 0 Å². The van der Waals surface area contributed by atoms with Crippen molar-refractivity contribution in [3.63, 3.8) is 0 Å². The summed E-state index contributed by atoms with van der Waals surface area (Å²) >= 11 is 0. The van der Waals surface area contributed by atoms with E-state index in [0.29, 0.717) is 13.0 Å². The van der Waals surface area contributed by atoms with Gasteiger partial charge in [-0.1, -0.05) is 13.3 Å². The molecule has 0 heterocycles. The third kappa shape index (κ3) is 9.69. The van der Waals surface area contributed by atoms with Crippen LogP contribution in [-0.4, -0.2) is 44.0 Å². The summed E-state index contributed by atoms with van der Waals surface area (Å²) in [5, 5.41) is 2.89. The quantitative estimate of drug-likeness (QED) is 0.591. The first kappa shape index (κ1) is 14.4. The normalized spacial score (nSPS) is 10.7. The third-order valence-corrected chi connectivity index (χ3v) is 2.32. The summed E-state index contributed by atoms with van der Waals surface area (Å²) in [6, 6.07) is 0. The van der Waals surface area contributed by atoms with E-state index in [1.165, 1.54) is 12.8 Å². The van der Waals surface area contributed by atoms with Crippen molar-refractivity contribution in [2.45, 2.75) is 32.6 Å². The Labute approximate surface area is 93.2 Å². The SMILES string of the molecule is CCCCN(C)CCNC(=O)CCCN. The Balaban J connectivity index is 3.31. The fraction of sp³-hybridized carbons (Fsp3) is 0.909. The number of nitrogens with one attached hydrogen (secondary N) is 1. The van der Waals surface area contributed by atoms with Crippen molar-refractivity contribution in [2.24, 2.45) is 5.73 Å². The van der Waals surface area contributed by atoms with Gasteiger partial charge in [0.2, 0.25) is 5.91 Å². The summed E-state index contributed by atoms with van der Waals surface area (Å²) in [6.07, 6.45) is 3.76. The van der Waals surface area contributed by atoms with E-state index in [2.05, 4.69) is 24.2 Å². The molecule has 1 amide bonds. The number of amides is 1. The molecule has 0 spiro atoms. The van der Waals surface area contributed by atoms with Gasteiger partial charge in [0.05, 0.1) is 0 Å². The van der Waals surface area contributed by atoms with Crippen LogP contribution in [0.25, 0.3) is 0 Å². The minimum absolute atomic E-state index is 0.115. The van der Waals surface area contributed by atoms with Gasteiger partial charge in [-0.3, -0.25) is 4.79 Å². The molecule has 0 saturated heterocycles. The first-order valence-electron chi connectivity index (χ1n) is 5.86. The average molecular weight is 215 g/mol. The van der Waals surface area contributed by atoms with Crippen LogP contribution in [-0.2, 0) is 4.79 Å². The van der Waals surface area contributed by atoms with Crippen LogP contribution in [0.5, 0.6) is 0 Å². The molecule has 0 radical (unpaired) electrons. The molecular formula is C11H25N3O. The molecule has 90 valence electrons. The van der Waals surface area contributed by atoms with E-state index in [1.54, 1.807) is 0 Å². The standard InChI is InChI=1S/C11H25N3O/c1-3-4-9-14(2)10-8-13-11(15)6-5-7-12/h3-10,12H2,1-2H3,(H,13,15). The number of nitrogens with zero attached hydrogens (tertiary/aromatic N) is 1. The average Bonchev–Trinajstić information content (AvgIpc) is 2.23. The van der Waals surface area contributed by atoms with E-state index in [9.17, 15) is 4.79 Å². The van der Waals surface area contributed by atoms with E-state index in [4.69, 9.17) is 5.73 Å². The third-order valence-electron chi connectivity index (χ3n) is 2.32. The number of unbranched alkanes of at least 4 members (excludes halogenated alkanes) is 1. The van der Waals surface area contributed by atoms with Gasteiger partial charge in [-0.05, 0) is 33.0 Å². The summed E-state index contributed by atoms with van der Waals surface area (Å²) in [6.45, 7) is 5.54. The molecule has 0 aliphatic rings. The molecule has 0 aromatic carbocycles. The Kier molecular flexibility index (Phi) is 9.52. The lowest BCUT2D eigenvalue weighted by molar-refractivity contribution is -0.121. The summed E-state index contributed by atoms with van der Waals surface area (Å²) in [5.74, 6) is 0.115. The zero-order valence-electron chi connectivity index (χ0n) is 10.1. The van der Waals surface area contributed by atoms with Crippen LogP contribution in [0, 0.1) is 0 Å². The Morgan fingerprint density at radius 2 is 2.07 bits per heavy atom. The van der Waals surface area contributed by atoms with Crippen LogP contribution < -0.4 is 11.1 Å². The maximum Gasteiger partial charge on any atom is 0.220 e. The maximum absolute atomic E-state index is 11.2. The number of carbonyl (C=O) groups is 1. The van der Waals surface area contributed by atoms with E-state index < -0.39 is 0 Å². The molecule has 0 aliphatic carbocycles. The van der Waals surface area contributed by atoms with Crippen molar-refractivity contribution in [1.29, 1.82) is 0 Å². The van der Waals surface area contributed by atoms with Gasteiger partial charge in [0.15, 0.2) is 0 Å². The highest BCUT2D eigenvalue weighted by Crippen LogP contribution is 1.90. The largest absolute Gasteiger partial charge is 0.355 e. The van der Waals surface area contributed by atoms with Gasteiger partial charge >= 0.3 is 0 Å². The predicted octanol–water partition coefficient (Wildman–Crippen LogP) is 0.573. The highest BCUT2D eigenvalue weighted by Gasteiger charge is 2.01. The summed E-state index contributed by atoms with van der Waals surface area (Å²) in [5.41, 5.74) is 5.32. The Bertz CT molecular complexity index is 162. The predicted molar refractivity (Wildman–Crippen MR) is 63.7 cm³/mol. The van der Waals surface area contributed by atoms with Crippen molar-refractivity contribution >= 4 is 5.91 Å². The molecule has 0 aromatic heterocycles. The smallest absolute Gasteiger partial charge is 0.220 e. The number of hydrogen-bond donors (Lipinski definition) is 2. The van der Waals surface area contributed by atoms with Crippen molar-refractivity contribution in [1.82, 2.24) is 10.2 Å². The molecule has 15 heavy (non-hydrogen) atoms. The molecule has 4 heteroatoms. The van der Waals surface area contributed by atoms with Crippen molar-refractivity contribution in [3.05, 3.63) is 0 Å². The minimum Gasteiger partial charge on any atom is -0.355 e. The van der Waals surface area contributed by atoms with Gasteiger partial charge in [0, 0.05) is 19.5 Å². The maximum atomic E-state index is 11.2. The van der Waals surface area contributed by atoms with Crippen LogP contribution in [0.4, 0.5) is 0 Å². The number of hydrogen-bond acceptors (Lipinski definition) is 3. The van der Waals surface area contributed by atoms with E-state index in [-0.39, 0.29) is 5.91 Å². The second-order valence-electron chi connectivity index (χ2n) is 3.90. The topological polar surface area (TPSA) is 58.4 Å². The number of likely N-dealkylation sites (N-methyl/N-ethyl adjacent to an activating group) is 1. The van der Waals surface area contributed by atoms with Gasteiger partial charge in [-0.25, -0.2) is 0 Å². The summed E-state index contributed by atoms with van der Waals surface area (Å²) in [4.78, 5) is 13.5. The molecule has 3 N–H and O–H groups in total. The number of nitrogens with two attached hydrogens (primary N) is 1. The molecule has 0 fully saturated rings. The van der Waals surface area contributed by atoms with E-state index in [1.807, 2.05) is 0 Å². The van der Waals surface area contributed by atoms with Crippen LogP contribution in [0.15, 0.2) is 0 Å². The number of rotatable bonds is 9. The lowest BCUT2D eigenvalue weighted by atomic mass is 10.3. The van der Waals surface area contributed by atoms with Gasteiger partial charge < -0.3 is 16.0 Å². The van der Waals surface area contributed by atoms with Crippen LogP contribution in [0.2, 0.25) is 0 Å². The molecule has 0 saturated carbocycles. The fourth-order valence-corrected chi connectivity index (χ4v) is 1.28. The number of carbonyl (C=O) groups excluding carboxylic acids is 1. The minimum atomic E-state index is 0.115. The molecule has 0 atom stereocenters. The Hall–Kier alpha value is -0.610. The fourth-order valence-electron chi connectivity index (χ4n) is 1.28. The molecule has 4 nitrogen and oxygen atoms in total. The molecule has 0 aliphatic heterocycles. The highest BCUT2D eigenvalue weighted by molar-refractivity contribution is 5.75. The Morgan fingerprint density at radius 3 is 2.67 bits per heavy atom. The van der Waals surface area contributed by atoms with Crippen LogP contribution in [0.1, 0.15) is 32.6 Å². The summed E-state index contributed by atoms with van der Waals surface area (Å²) < 4.78 is 0. The van der Waals surface area contributed by atoms with Gasteiger partial charge in [0.25, 0.3) is 0 Å². The van der Waals surface area contributed by atoms with Gasteiger partial charge in [-0.15, -0.1) is 0 Å². The zero-order valence-corrected chi connectivity index (χ0v) is 10.1. The zero-order chi connectivity index (χ0) is 11.5. The van der Waals surface area contributed by atoms with Crippen molar-refractivity contribution in [2.75, 3.05) is 33.2 Å². The Morgan fingerprint density at radius 1 is 1.33 bits per heavy atom. The van der Waals surface area contributed by atoms with Crippen molar-refractivity contribution < 1.29 is 4.79 Å². The second kappa shape index (κ2) is 9.93. The molecular weight excluding hydrogens is 190 g/mol. The molecule has 0 unspecified atom stereocenters. The highest BCUT2D eigenvalue weighted by atomic mass is 16.1. The van der Waals surface area contributed by atoms with Crippen molar-refractivity contribution in [3.8, 4) is 0 Å². The first-order chi connectivity index (χ1) is 7.20. The molecule has 0 bridgehead atoms. The lowest BCUT2D eigenvalue weighted by Crippen LogP contribution is -2.33. The lowest BCUT2D eigenvalue weighted by Gasteiger charge is -2.16.